The van der Waals surface area contributed by atoms with Crippen molar-refractivity contribution < 1.29 is 28.6 Å². The summed E-state index contributed by atoms with van der Waals surface area (Å²) in [5, 5.41) is 0. The van der Waals surface area contributed by atoms with E-state index in [1.54, 1.807) is 0 Å². The van der Waals surface area contributed by atoms with Crippen molar-refractivity contribution in [1.82, 2.24) is 0 Å². The van der Waals surface area contributed by atoms with Crippen LogP contribution in [-0.4, -0.2) is 37.2 Å². The maximum absolute atomic E-state index is 12.9. The third-order valence-corrected chi connectivity index (χ3v) is 15.6. The van der Waals surface area contributed by atoms with E-state index < -0.39 is 6.10 Å². The van der Waals surface area contributed by atoms with Crippen molar-refractivity contribution in [1.29, 1.82) is 0 Å². The Hall–Kier alpha value is -3.41. The molecule has 0 saturated heterocycles. The van der Waals surface area contributed by atoms with E-state index >= 15 is 0 Å². The van der Waals surface area contributed by atoms with Gasteiger partial charge in [-0.25, -0.2) is 0 Å². The molecule has 0 aromatic carbocycles. The van der Waals surface area contributed by atoms with E-state index in [-0.39, 0.29) is 37.5 Å². The van der Waals surface area contributed by atoms with Crippen LogP contribution in [0.1, 0.15) is 361 Å². The summed E-state index contributed by atoms with van der Waals surface area (Å²) in [6.07, 6.45) is 93.5. The van der Waals surface area contributed by atoms with Gasteiger partial charge in [0.1, 0.15) is 13.2 Å². The van der Waals surface area contributed by atoms with E-state index in [0.29, 0.717) is 19.3 Å². The molecule has 1 unspecified atom stereocenters. The van der Waals surface area contributed by atoms with Crippen LogP contribution in [0.5, 0.6) is 0 Å². The molecule has 6 nitrogen and oxygen atoms in total. The fourth-order valence-corrected chi connectivity index (χ4v) is 10.4. The van der Waals surface area contributed by atoms with Crippen molar-refractivity contribution >= 4 is 17.9 Å². The van der Waals surface area contributed by atoms with Crippen molar-refractivity contribution in [3.05, 3.63) is 85.1 Å². The Morgan fingerprint density at radius 3 is 0.793 bits per heavy atom. The number of esters is 3. The molecule has 0 aromatic rings. The fourth-order valence-electron chi connectivity index (χ4n) is 10.4. The highest BCUT2D eigenvalue weighted by molar-refractivity contribution is 5.71. The van der Waals surface area contributed by atoms with Gasteiger partial charge in [-0.3, -0.25) is 14.4 Å². The molecule has 0 N–H and O–H groups in total. The average Bonchev–Trinajstić information content (AvgIpc) is 3.47. The summed E-state index contributed by atoms with van der Waals surface area (Å²) in [6.45, 7) is 6.52. The lowest BCUT2D eigenvalue weighted by Gasteiger charge is -2.18. The number of carbonyl (C=O) groups excluding carboxylic acids is 3. The average molecular weight is 1140 g/mol. The van der Waals surface area contributed by atoms with E-state index in [9.17, 15) is 14.4 Å². The van der Waals surface area contributed by atoms with Crippen molar-refractivity contribution in [2.75, 3.05) is 13.2 Å². The van der Waals surface area contributed by atoms with Crippen LogP contribution in [0.15, 0.2) is 85.1 Å². The van der Waals surface area contributed by atoms with Crippen LogP contribution in [0.4, 0.5) is 0 Å². The Bertz CT molecular complexity index is 1550. The molecule has 0 aliphatic rings. The molecule has 0 bridgehead atoms. The Balaban J connectivity index is 4.36. The van der Waals surface area contributed by atoms with Gasteiger partial charge in [-0.15, -0.1) is 0 Å². The fraction of sp³-hybridized carbons (Fsp3) is 0.776. The number of hydrogen-bond acceptors (Lipinski definition) is 6. The molecule has 6 heteroatoms. The van der Waals surface area contributed by atoms with Crippen LogP contribution in [0.3, 0.4) is 0 Å². The summed E-state index contributed by atoms with van der Waals surface area (Å²) >= 11 is 0. The van der Waals surface area contributed by atoms with E-state index in [2.05, 4.69) is 99.8 Å². The number of unbranched alkanes of at least 4 members (excludes halogenated alkanes) is 40. The maximum Gasteiger partial charge on any atom is 0.306 e. The molecule has 0 heterocycles. The van der Waals surface area contributed by atoms with Gasteiger partial charge in [0, 0.05) is 19.3 Å². The number of hydrogen-bond donors (Lipinski definition) is 0. The summed E-state index contributed by atoms with van der Waals surface area (Å²) in [7, 11) is 0. The minimum Gasteiger partial charge on any atom is -0.462 e. The second-order valence-corrected chi connectivity index (χ2v) is 23.8. The quantitative estimate of drug-likeness (QED) is 0.0261. The molecule has 0 aliphatic carbocycles. The summed E-state index contributed by atoms with van der Waals surface area (Å²) in [4.78, 5) is 38.4. The first-order chi connectivity index (χ1) is 40.5. The van der Waals surface area contributed by atoms with Crippen molar-refractivity contribution in [2.45, 2.75) is 367 Å². The van der Waals surface area contributed by atoms with Crippen LogP contribution >= 0.6 is 0 Å². The predicted octanol–water partition coefficient (Wildman–Crippen LogP) is 24.6. The van der Waals surface area contributed by atoms with Gasteiger partial charge in [0.15, 0.2) is 6.10 Å². The molecule has 0 radical (unpaired) electrons. The Labute approximate surface area is 509 Å². The topological polar surface area (TPSA) is 78.9 Å². The normalized spacial score (nSPS) is 12.6. The second kappa shape index (κ2) is 70.1. The van der Waals surface area contributed by atoms with Gasteiger partial charge < -0.3 is 14.2 Å². The van der Waals surface area contributed by atoms with E-state index in [0.717, 1.165) is 77.0 Å². The zero-order valence-corrected chi connectivity index (χ0v) is 54.5. The first-order valence-corrected chi connectivity index (χ1v) is 35.6. The van der Waals surface area contributed by atoms with Crippen molar-refractivity contribution in [2.24, 2.45) is 0 Å². The highest BCUT2D eigenvalue weighted by Gasteiger charge is 2.19. The molecular weight excluding hydrogens is 1010 g/mol. The van der Waals surface area contributed by atoms with Crippen LogP contribution < -0.4 is 0 Å². The standard InChI is InChI=1S/C76H134O6/c1-4-7-10-13-16-19-22-25-28-31-34-35-36-37-38-39-40-41-43-45-48-51-54-57-60-63-66-69-75(78)81-72-73(71-80-74(77)68-65-62-59-56-53-50-47-44-33-30-27-24-21-18-15-12-9-6-3)82-76(79)70-67-64-61-58-55-52-49-46-42-32-29-26-23-20-17-14-11-8-5-2/h8,11,17,20,26,29-30,33,42,46,52,55,61,64,73H,4-7,9-10,12-16,18-19,21-25,27-28,31-32,34-41,43-45,47-51,53-54,56-60,62-63,65-72H2,1-3H3/b11-8-,20-17-,29-26-,33-30-,46-42-,55-52-,64-61-. The molecule has 1 atom stereocenters. The lowest BCUT2D eigenvalue weighted by Crippen LogP contribution is -2.30. The molecule has 0 saturated carbocycles. The molecule has 0 aromatic heterocycles. The zero-order chi connectivity index (χ0) is 59.2. The van der Waals surface area contributed by atoms with Crippen molar-refractivity contribution in [3.8, 4) is 0 Å². The number of carbonyl (C=O) groups is 3. The molecule has 82 heavy (non-hydrogen) atoms. The number of ether oxygens (including phenoxy) is 3. The Morgan fingerprint density at radius 2 is 0.500 bits per heavy atom. The zero-order valence-electron chi connectivity index (χ0n) is 54.5. The largest absolute Gasteiger partial charge is 0.462 e. The van der Waals surface area contributed by atoms with Crippen LogP contribution in [0.25, 0.3) is 0 Å². The molecule has 0 aliphatic heterocycles. The molecule has 0 rings (SSSR count). The second-order valence-electron chi connectivity index (χ2n) is 23.8. The summed E-state index contributed by atoms with van der Waals surface area (Å²) in [5.74, 6) is -0.976. The summed E-state index contributed by atoms with van der Waals surface area (Å²) in [6, 6.07) is 0. The van der Waals surface area contributed by atoms with E-state index in [1.807, 2.05) is 6.08 Å². The molecular formula is C76H134O6. The third kappa shape index (κ3) is 67.4. The lowest BCUT2D eigenvalue weighted by molar-refractivity contribution is -0.166. The number of rotatable bonds is 65. The monoisotopic (exact) mass is 1140 g/mol. The highest BCUT2D eigenvalue weighted by Crippen LogP contribution is 2.18. The van der Waals surface area contributed by atoms with Gasteiger partial charge in [-0.05, 0) is 83.5 Å². The SMILES string of the molecule is CC/C=C\C/C=C\C/C=C\C/C=C\C/C=C\C/C=C\CCC(=O)OC(COC(=O)CCCCCCCCC/C=C\CCCCCCCCC)COC(=O)CCCCCCCCCCCCCCCCCCCCCCCCCCCCC. The van der Waals surface area contributed by atoms with Gasteiger partial charge >= 0.3 is 17.9 Å². The molecule has 0 amide bonds. The highest BCUT2D eigenvalue weighted by atomic mass is 16.6. The van der Waals surface area contributed by atoms with Gasteiger partial charge in [-0.2, -0.15) is 0 Å². The smallest absolute Gasteiger partial charge is 0.306 e. The number of allylic oxidation sites excluding steroid dienone is 14. The maximum atomic E-state index is 12.9. The first kappa shape index (κ1) is 78.6. The van der Waals surface area contributed by atoms with E-state index in [1.165, 1.54) is 238 Å². The van der Waals surface area contributed by atoms with Gasteiger partial charge in [0.25, 0.3) is 0 Å². The Morgan fingerprint density at radius 1 is 0.256 bits per heavy atom. The van der Waals surface area contributed by atoms with Crippen LogP contribution in [-0.2, 0) is 28.6 Å². The molecule has 0 fully saturated rings. The molecule has 0 spiro atoms. The van der Waals surface area contributed by atoms with Crippen LogP contribution in [0, 0.1) is 0 Å². The minimum absolute atomic E-state index is 0.105. The summed E-state index contributed by atoms with van der Waals surface area (Å²) < 4.78 is 16.9. The first-order valence-electron chi connectivity index (χ1n) is 35.6. The van der Waals surface area contributed by atoms with Gasteiger partial charge in [-0.1, -0.05) is 343 Å². The van der Waals surface area contributed by atoms with Crippen LogP contribution in [0.2, 0.25) is 0 Å². The third-order valence-electron chi connectivity index (χ3n) is 15.6. The van der Waals surface area contributed by atoms with E-state index in [4.69, 9.17) is 14.2 Å². The Kier molecular flexibility index (Phi) is 67.2. The minimum atomic E-state index is -0.820. The lowest BCUT2D eigenvalue weighted by atomic mass is 10.0. The predicted molar refractivity (Wildman–Crippen MR) is 358 cm³/mol. The summed E-state index contributed by atoms with van der Waals surface area (Å²) in [5.41, 5.74) is 0. The molecule has 474 valence electrons. The van der Waals surface area contributed by atoms with Gasteiger partial charge in [0.2, 0.25) is 0 Å². The van der Waals surface area contributed by atoms with Crippen molar-refractivity contribution in [3.63, 3.8) is 0 Å². The van der Waals surface area contributed by atoms with Gasteiger partial charge in [0.05, 0.1) is 0 Å².